The molecule has 35 heavy (non-hydrogen) atoms. The predicted octanol–water partition coefficient (Wildman–Crippen LogP) is 4.44. The third kappa shape index (κ3) is 8.24. The number of rotatable bonds is 8. The number of hydrogen-bond donors (Lipinski definition) is 1. The second kappa shape index (κ2) is 11.8. The second-order valence-electron chi connectivity index (χ2n) is 9.81. The zero-order valence-electron chi connectivity index (χ0n) is 20.2. The minimum absolute atomic E-state index is 0.0888. The van der Waals surface area contributed by atoms with Crippen molar-refractivity contribution in [3.63, 3.8) is 0 Å². The lowest BCUT2D eigenvalue weighted by Gasteiger charge is -2.30. The van der Waals surface area contributed by atoms with Gasteiger partial charge in [0.1, 0.15) is 5.82 Å². The van der Waals surface area contributed by atoms with Gasteiger partial charge in [-0.15, -0.1) is 11.3 Å². The summed E-state index contributed by atoms with van der Waals surface area (Å²) in [5.74, 6) is 1.05. The van der Waals surface area contributed by atoms with Crippen LogP contribution >= 0.6 is 11.3 Å². The Bertz CT molecular complexity index is 988. The molecule has 0 spiro atoms. The first-order chi connectivity index (χ1) is 16.7. The van der Waals surface area contributed by atoms with Gasteiger partial charge < -0.3 is 10.2 Å². The van der Waals surface area contributed by atoms with Gasteiger partial charge in [0.15, 0.2) is 0 Å². The summed E-state index contributed by atoms with van der Waals surface area (Å²) in [4.78, 5) is 28.6. The highest BCUT2D eigenvalue weighted by Gasteiger charge is 2.28. The summed E-state index contributed by atoms with van der Waals surface area (Å²) >= 11 is 1.57. The quantitative estimate of drug-likeness (QED) is 0.570. The summed E-state index contributed by atoms with van der Waals surface area (Å²) < 4.78 is 37.5. The molecule has 0 aromatic carbocycles. The molecule has 2 aromatic heterocycles. The molecule has 1 aliphatic carbocycles. The maximum Gasteiger partial charge on any atom is 0.389 e. The lowest BCUT2D eigenvalue weighted by atomic mass is 9.84. The van der Waals surface area contributed by atoms with E-state index in [0.29, 0.717) is 18.2 Å². The molecule has 1 saturated carbocycles. The van der Waals surface area contributed by atoms with Crippen molar-refractivity contribution in [1.82, 2.24) is 25.2 Å². The van der Waals surface area contributed by atoms with Gasteiger partial charge in [0.25, 0.3) is 0 Å². The molecule has 1 N–H and O–H groups in total. The van der Waals surface area contributed by atoms with Crippen molar-refractivity contribution in [2.45, 2.75) is 83.4 Å². The lowest BCUT2D eigenvalue weighted by Crippen LogP contribution is -2.38. The standard InChI is InChI=1S/C25H34F3N5OS/c1-17-29-16-21(35-17)14-24(34)31-20-4-2-18(3-5-20)7-11-33-12-8-19-15-30-23(6-10-25(26,27)28)32-22(19)9-13-33/h15-16,18,20H,2-14H2,1H3,(H,31,34). The molecule has 192 valence electrons. The van der Waals surface area contributed by atoms with Crippen LogP contribution in [0.5, 0.6) is 0 Å². The molecule has 0 radical (unpaired) electrons. The fourth-order valence-corrected chi connectivity index (χ4v) is 5.84. The maximum atomic E-state index is 12.5. The van der Waals surface area contributed by atoms with Crippen LogP contribution in [-0.4, -0.2) is 57.6 Å². The Balaban J connectivity index is 1.16. The molecule has 0 saturated heterocycles. The molecule has 2 aromatic rings. The van der Waals surface area contributed by atoms with Gasteiger partial charge >= 0.3 is 6.18 Å². The number of aromatic nitrogens is 3. The average molecular weight is 510 g/mol. The van der Waals surface area contributed by atoms with Crippen LogP contribution in [0.1, 0.15) is 65.5 Å². The fraction of sp³-hybridized carbons (Fsp3) is 0.680. The van der Waals surface area contributed by atoms with E-state index in [9.17, 15) is 18.0 Å². The number of alkyl halides is 3. The van der Waals surface area contributed by atoms with E-state index in [4.69, 9.17) is 0 Å². The number of halogens is 3. The van der Waals surface area contributed by atoms with E-state index in [1.807, 2.05) is 6.92 Å². The van der Waals surface area contributed by atoms with Crippen LogP contribution in [0.4, 0.5) is 13.2 Å². The smallest absolute Gasteiger partial charge is 0.353 e. The number of nitrogens with zero attached hydrogens (tertiary/aromatic N) is 4. The Morgan fingerprint density at radius 2 is 1.91 bits per heavy atom. The molecule has 1 aliphatic heterocycles. The van der Waals surface area contributed by atoms with Crippen LogP contribution in [0.3, 0.4) is 0 Å². The first-order valence-electron chi connectivity index (χ1n) is 12.6. The highest BCUT2D eigenvalue weighted by Crippen LogP contribution is 2.28. The number of aryl methyl sites for hydroxylation is 2. The summed E-state index contributed by atoms with van der Waals surface area (Å²) in [6.07, 6.45) is 5.76. The molecule has 6 nitrogen and oxygen atoms in total. The molecule has 0 bridgehead atoms. The minimum atomic E-state index is -4.18. The Kier molecular flexibility index (Phi) is 8.75. The summed E-state index contributed by atoms with van der Waals surface area (Å²) in [6.45, 7) is 4.78. The topological polar surface area (TPSA) is 71.0 Å². The summed E-state index contributed by atoms with van der Waals surface area (Å²) in [6, 6.07) is 0.269. The van der Waals surface area contributed by atoms with Crippen LogP contribution in [0, 0.1) is 12.8 Å². The Morgan fingerprint density at radius 3 is 2.63 bits per heavy atom. The molecule has 10 heteroatoms. The first-order valence-corrected chi connectivity index (χ1v) is 13.4. The van der Waals surface area contributed by atoms with Crippen molar-refractivity contribution in [1.29, 1.82) is 0 Å². The van der Waals surface area contributed by atoms with E-state index >= 15 is 0 Å². The largest absolute Gasteiger partial charge is 0.389 e. The van der Waals surface area contributed by atoms with Crippen molar-refractivity contribution in [3.8, 4) is 0 Å². The van der Waals surface area contributed by atoms with Crippen LogP contribution in [0.2, 0.25) is 0 Å². The normalized spacial score (nSPS) is 21.4. The molecule has 4 rings (SSSR count). The van der Waals surface area contributed by atoms with E-state index < -0.39 is 12.6 Å². The summed E-state index contributed by atoms with van der Waals surface area (Å²) in [5, 5.41) is 4.18. The van der Waals surface area contributed by atoms with Crippen LogP contribution < -0.4 is 5.32 Å². The van der Waals surface area contributed by atoms with E-state index in [-0.39, 0.29) is 18.4 Å². The van der Waals surface area contributed by atoms with E-state index in [1.54, 1.807) is 23.7 Å². The number of carbonyl (C=O) groups excluding carboxylic acids is 1. The predicted molar refractivity (Wildman–Crippen MR) is 129 cm³/mol. The maximum absolute atomic E-state index is 12.5. The Labute approximate surface area is 208 Å². The number of thiazole rings is 1. The van der Waals surface area contributed by atoms with Crippen molar-refractivity contribution >= 4 is 17.2 Å². The molecule has 1 amide bonds. The molecule has 3 heterocycles. The van der Waals surface area contributed by atoms with Crippen molar-refractivity contribution < 1.29 is 18.0 Å². The molecular formula is C25H34F3N5OS. The Hall–Kier alpha value is -2.07. The highest BCUT2D eigenvalue weighted by atomic mass is 32.1. The summed E-state index contributed by atoms with van der Waals surface area (Å²) in [7, 11) is 0. The van der Waals surface area contributed by atoms with E-state index in [1.165, 1.54) is 0 Å². The monoisotopic (exact) mass is 509 g/mol. The van der Waals surface area contributed by atoms with Gasteiger partial charge in [-0.25, -0.2) is 15.0 Å². The number of fused-ring (bicyclic) bond motifs is 1. The van der Waals surface area contributed by atoms with E-state index in [2.05, 4.69) is 25.2 Å². The van der Waals surface area contributed by atoms with Crippen LogP contribution in [-0.2, 0) is 30.5 Å². The molecule has 0 atom stereocenters. The SMILES string of the molecule is Cc1ncc(CC(=O)NC2CCC(CCN3CCc4cnc(CCC(F)(F)F)nc4CC3)CC2)s1. The zero-order chi connectivity index (χ0) is 24.8. The molecule has 2 aliphatic rings. The van der Waals surface area contributed by atoms with Crippen molar-refractivity contribution in [2.24, 2.45) is 5.92 Å². The number of amides is 1. The van der Waals surface area contributed by atoms with Crippen molar-refractivity contribution in [3.05, 3.63) is 39.4 Å². The average Bonchev–Trinajstić information content (AvgIpc) is 3.10. The van der Waals surface area contributed by atoms with Gasteiger partial charge in [0.05, 0.1) is 17.8 Å². The Morgan fingerprint density at radius 1 is 1.14 bits per heavy atom. The minimum Gasteiger partial charge on any atom is -0.353 e. The van der Waals surface area contributed by atoms with Gasteiger partial charge in [-0.1, -0.05) is 0 Å². The first kappa shape index (κ1) is 26.0. The van der Waals surface area contributed by atoms with Gasteiger partial charge in [-0.2, -0.15) is 13.2 Å². The van der Waals surface area contributed by atoms with Gasteiger partial charge in [0, 0.05) is 54.9 Å². The van der Waals surface area contributed by atoms with Crippen LogP contribution in [0.25, 0.3) is 0 Å². The molecular weight excluding hydrogens is 475 g/mol. The molecule has 0 unspecified atom stereocenters. The highest BCUT2D eigenvalue weighted by molar-refractivity contribution is 7.11. The van der Waals surface area contributed by atoms with Gasteiger partial charge in [-0.3, -0.25) is 4.79 Å². The lowest BCUT2D eigenvalue weighted by molar-refractivity contribution is -0.134. The van der Waals surface area contributed by atoms with Crippen LogP contribution in [0.15, 0.2) is 12.4 Å². The summed E-state index contributed by atoms with van der Waals surface area (Å²) in [5.41, 5.74) is 1.97. The molecule has 1 fully saturated rings. The third-order valence-corrected chi connectivity index (χ3v) is 7.98. The fourth-order valence-electron chi connectivity index (χ4n) is 5.05. The third-order valence-electron chi connectivity index (χ3n) is 7.07. The number of hydrogen-bond acceptors (Lipinski definition) is 6. The number of nitrogens with one attached hydrogen (secondary N) is 1. The zero-order valence-corrected chi connectivity index (χ0v) is 21.1. The van der Waals surface area contributed by atoms with Gasteiger partial charge in [0.2, 0.25) is 5.91 Å². The second-order valence-corrected chi connectivity index (χ2v) is 11.1. The number of carbonyl (C=O) groups is 1. The van der Waals surface area contributed by atoms with E-state index in [0.717, 1.165) is 85.7 Å². The van der Waals surface area contributed by atoms with Gasteiger partial charge in [-0.05, 0) is 63.5 Å². The van der Waals surface area contributed by atoms with Crippen molar-refractivity contribution in [2.75, 3.05) is 19.6 Å².